The molecule has 1 fully saturated rings. The molecule has 1 aromatic heterocycles. The predicted molar refractivity (Wildman–Crippen MR) is 126 cm³/mol. The van der Waals surface area contributed by atoms with E-state index in [1.807, 2.05) is 49.4 Å². The first-order valence-electron chi connectivity index (χ1n) is 11.1. The Bertz CT molecular complexity index is 1170. The van der Waals surface area contributed by atoms with E-state index >= 15 is 0 Å². The smallest absolute Gasteiger partial charge is 0.148 e. The summed E-state index contributed by atoms with van der Waals surface area (Å²) >= 11 is 0. The van der Waals surface area contributed by atoms with Crippen molar-refractivity contribution in [2.45, 2.75) is 64.6 Å². The lowest BCUT2D eigenvalue weighted by Gasteiger charge is -2.45. The van der Waals surface area contributed by atoms with Crippen LogP contribution in [0.15, 0.2) is 48.7 Å². The van der Waals surface area contributed by atoms with Crippen LogP contribution in [-0.4, -0.2) is 27.9 Å². The minimum Gasteiger partial charge on any atom is -0.496 e. The van der Waals surface area contributed by atoms with Gasteiger partial charge in [-0.05, 0) is 77.3 Å². The molecule has 1 saturated heterocycles. The van der Waals surface area contributed by atoms with Crippen molar-refractivity contribution in [2.75, 3.05) is 7.11 Å². The van der Waals surface area contributed by atoms with Crippen LogP contribution in [0.5, 0.6) is 5.75 Å². The highest BCUT2D eigenvalue weighted by atomic mass is 16.5. The largest absolute Gasteiger partial charge is 0.496 e. The van der Waals surface area contributed by atoms with Gasteiger partial charge in [-0.25, -0.2) is 4.98 Å². The van der Waals surface area contributed by atoms with Crippen molar-refractivity contribution in [1.29, 1.82) is 5.26 Å². The van der Waals surface area contributed by atoms with E-state index in [0.717, 1.165) is 46.9 Å². The molecular formula is C27H31N3O2. The van der Waals surface area contributed by atoms with E-state index in [9.17, 15) is 5.26 Å². The first kappa shape index (κ1) is 22.1. The molecule has 0 unspecified atom stereocenters. The Kier molecular flexibility index (Phi) is 5.60. The summed E-state index contributed by atoms with van der Waals surface area (Å²) in [6, 6.07) is 16.2. The molecule has 0 N–H and O–H groups in total. The normalized spacial score (nSPS) is 17.7. The number of nitriles is 1. The van der Waals surface area contributed by atoms with Crippen molar-refractivity contribution in [3.8, 4) is 28.9 Å². The Morgan fingerprint density at radius 1 is 1.09 bits per heavy atom. The maximum atomic E-state index is 9.57. The standard InChI is InChI=1S/C27H31N3O2/c1-18-11-12-21(13-19(18)16-28)30-17-23(20-14-26(2,3)32-27(4,5)15-20)29-25(30)22-9-7-8-10-24(22)31-6/h7-13,17,20H,14-15H2,1-6H3. The van der Waals surface area contributed by atoms with Gasteiger partial charge in [0.25, 0.3) is 0 Å². The third-order valence-corrected chi connectivity index (χ3v) is 6.14. The highest BCUT2D eigenvalue weighted by Crippen LogP contribution is 2.44. The van der Waals surface area contributed by atoms with Crippen molar-refractivity contribution in [1.82, 2.24) is 9.55 Å². The van der Waals surface area contributed by atoms with Gasteiger partial charge >= 0.3 is 0 Å². The zero-order valence-corrected chi connectivity index (χ0v) is 19.8. The molecule has 0 atom stereocenters. The predicted octanol–water partition coefficient (Wildman–Crippen LogP) is 6.18. The Morgan fingerprint density at radius 2 is 1.78 bits per heavy atom. The third kappa shape index (κ3) is 4.28. The number of aromatic nitrogens is 2. The fourth-order valence-electron chi connectivity index (χ4n) is 4.99. The van der Waals surface area contributed by atoms with E-state index < -0.39 is 0 Å². The molecular weight excluding hydrogens is 398 g/mol. The minimum atomic E-state index is -0.224. The van der Waals surface area contributed by atoms with Gasteiger partial charge in [0.05, 0.1) is 41.2 Å². The average molecular weight is 430 g/mol. The molecule has 0 aliphatic carbocycles. The van der Waals surface area contributed by atoms with Crippen LogP contribution < -0.4 is 4.74 Å². The van der Waals surface area contributed by atoms with Crippen LogP contribution in [0.4, 0.5) is 0 Å². The van der Waals surface area contributed by atoms with Gasteiger partial charge in [0.15, 0.2) is 0 Å². The maximum Gasteiger partial charge on any atom is 0.148 e. The number of imidazole rings is 1. The molecule has 1 aliphatic rings. The van der Waals surface area contributed by atoms with Gasteiger partial charge in [0, 0.05) is 17.8 Å². The van der Waals surface area contributed by atoms with Crippen LogP contribution >= 0.6 is 0 Å². The summed E-state index contributed by atoms with van der Waals surface area (Å²) in [6.45, 7) is 10.6. The van der Waals surface area contributed by atoms with Crippen molar-refractivity contribution in [3.05, 3.63) is 65.5 Å². The molecule has 166 valence electrons. The number of para-hydroxylation sites is 1. The second-order valence-electron chi connectivity index (χ2n) is 9.90. The van der Waals surface area contributed by atoms with Gasteiger partial charge in [-0.15, -0.1) is 0 Å². The first-order chi connectivity index (χ1) is 15.1. The van der Waals surface area contributed by atoms with Crippen LogP contribution in [-0.2, 0) is 4.74 Å². The molecule has 0 spiro atoms. The van der Waals surface area contributed by atoms with Gasteiger partial charge in [0.1, 0.15) is 11.6 Å². The van der Waals surface area contributed by atoms with Crippen LogP contribution in [0.2, 0.25) is 0 Å². The Labute approximate surface area is 190 Å². The number of nitrogens with zero attached hydrogens (tertiary/aromatic N) is 3. The second-order valence-corrected chi connectivity index (χ2v) is 9.90. The minimum absolute atomic E-state index is 0.224. The molecule has 1 aliphatic heterocycles. The molecule has 5 heteroatoms. The van der Waals surface area contributed by atoms with Crippen LogP contribution in [0, 0.1) is 18.3 Å². The zero-order valence-electron chi connectivity index (χ0n) is 19.8. The lowest BCUT2D eigenvalue weighted by molar-refractivity contribution is -0.162. The topological polar surface area (TPSA) is 60.1 Å². The molecule has 0 saturated carbocycles. The SMILES string of the molecule is COc1ccccc1-c1nc(C2CC(C)(C)OC(C)(C)C2)cn1-c1ccc(C)c(C#N)c1. The van der Waals surface area contributed by atoms with E-state index in [4.69, 9.17) is 14.5 Å². The number of aryl methyl sites for hydroxylation is 1. The Morgan fingerprint density at radius 3 is 2.44 bits per heavy atom. The fraction of sp³-hybridized carbons (Fsp3) is 0.407. The number of hydrogen-bond acceptors (Lipinski definition) is 4. The van der Waals surface area contributed by atoms with Gasteiger partial charge in [-0.2, -0.15) is 5.26 Å². The summed E-state index contributed by atoms with van der Waals surface area (Å²) in [6.07, 6.45) is 3.92. The highest BCUT2D eigenvalue weighted by Gasteiger charge is 2.41. The molecule has 5 nitrogen and oxygen atoms in total. The average Bonchev–Trinajstić information content (AvgIpc) is 3.17. The molecule has 0 amide bonds. The van der Waals surface area contributed by atoms with Crippen molar-refractivity contribution in [2.24, 2.45) is 0 Å². The fourth-order valence-corrected chi connectivity index (χ4v) is 4.99. The monoisotopic (exact) mass is 429 g/mol. The maximum absolute atomic E-state index is 9.57. The molecule has 4 rings (SSSR count). The van der Waals surface area contributed by atoms with E-state index in [0.29, 0.717) is 5.56 Å². The summed E-state index contributed by atoms with van der Waals surface area (Å²) in [5.74, 6) is 1.85. The van der Waals surface area contributed by atoms with Gasteiger partial charge < -0.3 is 9.47 Å². The van der Waals surface area contributed by atoms with Crippen molar-refractivity contribution in [3.63, 3.8) is 0 Å². The zero-order chi connectivity index (χ0) is 23.1. The molecule has 2 heterocycles. The third-order valence-electron chi connectivity index (χ3n) is 6.14. The molecule has 0 bridgehead atoms. The molecule has 32 heavy (non-hydrogen) atoms. The lowest BCUT2D eigenvalue weighted by Crippen LogP contribution is -2.44. The first-order valence-corrected chi connectivity index (χ1v) is 11.1. The Balaban J connectivity index is 1.89. The summed E-state index contributed by atoms with van der Waals surface area (Å²) < 4.78 is 14.0. The van der Waals surface area contributed by atoms with E-state index in [1.165, 1.54) is 0 Å². The quantitative estimate of drug-likeness (QED) is 0.497. The van der Waals surface area contributed by atoms with Gasteiger partial charge in [0.2, 0.25) is 0 Å². The molecule has 0 radical (unpaired) electrons. The van der Waals surface area contributed by atoms with Crippen LogP contribution in [0.25, 0.3) is 17.1 Å². The van der Waals surface area contributed by atoms with E-state index in [2.05, 4.69) is 44.5 Å². The van der Waals surface area contributed by atoms with Crippen molar-refractivity contribution >= 4 is 0 Å². The molecule has 3 aromatic rings. The number of rotatable bonds is 4. The number of ether oxygens (including phenoxy) is 2. The van der Waals surface area contributed by atoms with E-state index in [-0.39, 0.29) is 17.1 Å². The summed E-state index contributed by atoms with van der Waals surface area (Å²) in [7, 11) is 1.68. The Hall–Kier alpha value is -3.10. The summed E-state index contributed by atoms with van der Waals surface area (Å²) in [5.41, 5.74) is 4.05. The second kappa shape index (κ2) is 8.11. The van der Waals surface area contributed by atoms with Crippen LogP contribution in [0.3, 0.4) is 0 Å². The number of methoxy groups -OCH3 is 1. The van der Waals surface area contributed by atoms with Gasteiger partial charge in [-0.1, -0.05) is 18.2 Å². The number of hydrogen-bond donors (Lipinski definition) is 0. The number of benzene rings is 2. The highest BCUT2D eigenvalue weighted by molar-refractivity contribution is 5.67. The summed E-state index contributed by atoms with van der Waals surface area (Å²) in [5, 5.41) is 9.57. The lowest BCUT2D eigenvalue weighted by atomic mass is 9.79. The van der Waals surface area contributed by atoms with Crippen LogP contribution in [0.1, 0.15) is 63.3 Å². The summed E-state index contributed by atoms with van der Waals surface area (Å²) in [4.78, 5) is 5.14. The van der Waals surface area contributed by atoms with Gasteiger partial charge in [-0.3, -0.25) is 4.57 Å². The molecule has 2 aromatic carbocycles. The van der Waals surface area contributed by atoms with E-state index in [1.54, 1.807) is 7.11 Å². The van der Waals surface area contributed by atoms with Crippen molar-refractivity contribution < 1.29 is 9.47 Å².